The van der Waals surface area contributed by atoms with Crippen LogP contribution < -0.4 is 21.1 Å². The van der Waals surface area contributed by atoms with E-state index in [-0.39, 0.29) is 11.8 Å². The minimum absolute atomic E-state index is 0.203. The van der Waals surface area contributed by atoms with Gasteiger partial charge in [-0.15, -0.1) is 5.10 Å². The van der Waals surface area contributed by atoms with Gasteiger partial charge in [-0.1, -0.05) is 35.9 Å². The average Bonchev–Trinajstić information content (AvgIpc) is 3.27. The van der Waals surface area contributed by atoms with E-state index in [4.69, 9.17) is 27.2 Å². The van der Waals surface area contributed by atoms with E-state index in [2.05, 4.69) is 26.6 Å². The summed E-state index contributed by atoms with van der Waals surface area (Å²) in [4.78, 5) is 17.8. The van der Waals surface area contributed by atoms with Crippen molar-refractivity contribution in [3.8, 4) is 17.0 Å². The van der Waals surface area contributed by atoms with E-state index in [0.29, 0.717) is 51.8 Å². The molecular weight excluding hydrogens is 566 g/mol. The molecule has 3 heterocycles. The van der Waals surface area contributed by atoms with E-state index in [1.54, 1.807) is 23.9 Å². The van der Waals surface area contributed by atoms with Crippen LogP contribution in [0.3, 0.4) is 0 Å². The number of benzene rings is 2. The van der Waals surface area contributed by atoms with Crippen molar-refractivity contribution < 1.29 is 17.9 Å². The fraction of sp³-hybridized carbons (Fsp3) is 0.321. The third-order valence-corrected chi connectivity index (χ3v) is 8.08. The number of para-hydroxylation sites is 1. The number of nitrogens with one attached hydrogen (secondary N) is 2. The first-order chi connectivity index (χ1) is 19.6. The Hall–Kier alpha value is -3.87. The number of amides is 1. The Morgan fingerprint density at radius 2 is 1.90 bits per heavy atom. The van der Waals surface area contributed by atoms with Gasteiger partial charge in [0.1, 0.15) is 17.1 Å². The van der Waals surface area contributed by atoms with Gasteiger partial charge in [-0.3, -0.25) is 9.69 Å². The molecule has 13 heteroatoms. The number of piperidine rings is 1. The number of methoxy groups -OCH3 is 1. The maximum Gasteiger partial charge on any atom is 0.245 e. The summed E-state index contributed by atoms with van der Waals surface area (Å²) in [6.45, 7) is 1.93. The summed E-state index contributed by atoms with van der Waals surface area (Å²) in [6.07, 6.45) is 4.67. The van der Waals surface area contributed by atoms with Crippen molar-refractivity contribution in [2.45, 2.75) is 18.8 Å². The first-order valence-corrected chi connectivity index (χ1v) is 15.6. The first kappa shape index (κ1) is 28.7. The van der Waals surface area contributed by atoms with Crippen LogP contribution in [0, 0.1) is 0 Å². The molecule has 5 rings (SSSR count). The average molecular weight is 598 g/mol. The van der Waals surface area contributed by atoms with E-state index in [0.717, 1.165) is 31.5 Å². The zero-order chi connectivity index (χ0) is 29.1. The van der Waals surface area contributed by atoms with Crippen molar-refractivity contribution in [2.24, 2.45) is 5.73 Å². The molecule has 1 aliphatic heterocycles. The second kappa shape index (κ2) is 11.9. The number of anilines is 3. The number of sulfone groups is 1. The van der Waals surface area contributed by atoms with Gasteiger partial charge in [-0.2, -0.15) is 0 Å². The summed E-state index contributed by atoms with van der Waals surface area (Å²) in [5.41, 5.74) is 9.88. The second-order valence-electron chi connectivity index (χ2n) is 10.2. The van der Waals surface area contributed by atoms with E-state index >= 15 is 0 Å². The highest BCUT2D eigenvalue weighted by Gasteiger charge is 2.23. The van der Waals surface area contributed by atoms with Gasteiger partial charge in [-0.25, -0.2) is 17.9 Å². The fourth-order valence-corrected chi connectivity index (χ4v) is 5.75. The molecule has 0 radical (unpaired) electrons. The Labute approximate surface area is 243 Å². The van der Waals surface area contributed by atoms with Gasteiger partial charge in [-0.05, 0) is 61.7 Å². The summed E-state index contributed by atoms with van der Waals surface area (Å²) in [7, 11) is -1.62. The van der Waals surface area contributed by atoms with Crippen LogP contribution in [0.15, 0.2) is 54.7 Å². The lowest BCUT2D eigenvalue weighted by molar-refractivity contribution is -0.119. The molecule has 1 fully saturated rings. The van der Waals surface area contributed by atoms with Crippen LogP contribution in [-0.2, 0) is 14.6 Å². The van der Waals surface area contributed by atoms with E-state index in [1.807, 2.05) is 36.4 Å². The van der Waals surface area contributed by atoms with Crippen LogP contribution in [0.4, 0.5) is 17.3 Å². The number of nitrogens with two attached hydrogens (primary N) is 1. The number of primary amides is 1. The number of carbonyl (C=O) groups is 1. The van der Waals surface area contributed by atoms with Crippen molar-refractivity contribution in [3.05, 3.63) is 65.3 Å². The molecule has 0 aliphatic carbocycles. The molecule has 2 aromatic heterocycles. The summed E-state index contributed by atoms with van der Waals surface area (Å²) in [6, 6.07) is 15.2. The second-order valence-corrected chi connectivity index (χ2v) is 12.7. The Kier molecular flexibility index (Phi) is 8.34. The molecule has 0 spiro atoms. The molecule has 216 valence electrons. The van der Waals surface area contributed by atoms with Crippen LogP contribution in [0.25, 0.3) is 16.8 Å². The lowest BCUT2D eigenvalue weighted by Crippen LogP contribution is -2.39. The van der Waals surface area contributed by atoms with Gasteiger partial charge < -0.3 is 21.1 Å². The molecule has 0 saturated carbocycles. The van der Waals surface area contributed by atoms with Crippen LogP contribution >= 0.6 is 11.6 Å². The number of nitrogens with zero attached hydrogens (tertiary/aromatic N) is 4. The number of aromatic nitrogens is 3. The number of fused-ring (bicyclic) bond motifs is 1. The number of hydrogen-bond acceptors (Lipinski definition) is 9. The predicted octanol–water partition coefficient (Wildman–Crippen LogP) is 3.88. The highest BCUT2D eigenvalue weighted by molar-refractivity contribution is 7.90. The number of hydrogen-bond donors (Lipinski definition) is 3. The zero-order valence-corrected chi connectivity index (χ0v) is 24.4. The van der Waals surface area contributed by atoms with Gasteiger partial charge in [0, 0.05) is 17.5 Å². The Balaban J connectivity index is 1.40. The third kappa shape index (κ3) is 6.72. The molecule has 0 bridgehead atoms. The predicted molar refractivity (Wildman–Crippen MR) is 161 cm³/mol. The summed E-state index contributed by atoms with van der Waals surface area (Å²) >= 11 is 6.53. The normalized spacial score (nSPS) is 14.7. The molecule has 1 amide bonds. The highest BCUT2D eigenvalue weighted by atomic mass is 35.5. The van der Waals surface area contributed by atoms with Crippen molar-refractivity contribution in [1.29, 1.82) is 0 Å². The largest absolute Gasteiger partial charge is 0.495 e. The SMILES string of the molecule is COc1cc(C2CCN(CC(N)=O)CC2)ccc1Nc1ncc2c(Cl)cc(-c3ccccc3NCS(C)(=O)=O)n2n1. The molecule has 4 N–H and O–H groups in total. The van der Waals surface area contributed by atoms with E-state index in [1.165, 1.54) is 11.8 Å². The Bertz CT molecular complexity index is 1680. The molecule has 1 aliphatic rings. The number of rotatable bonds is 10. The highest BCUT2D eigenvalue weighted by Crippen LogP contribution is 2.36. The topological polar surface area (TPSA) is 144 Å². The lowest BCUT2D eigenvalue weighted by Gasteiger charge is -2.31. The molecule has 2 aromatic carbocycles. The summed E-state index contributed by atoms with van der Waals surface area (Å²) in [5.74, 6) is 0.842. The van der Waals surface area contributed by atoms with Gasteiger partial charge in [0.25, 0.3) is 0 Å². The van der Waals surface area contributed by atoms with Crippen LogP contribution in [0.1, 0.15) is 24.3 Å². The maximum absolute atomic E-state index is 11.8. The van der Waals surface area contributed by atoms with E-state index < -0.39 is 9.84 Å². The van der Waals surface area contributed by atoms with Crippen LogP contribution in [-0.4, -0.2) is 72.7 Å². The molecule has 0 atom stereocenters. The third-order valence-electron chi connectivity index (χ3n) is 7.11. The molecular formula is C28H32ClN7O4S. The number of halogens is 1. The molecule has 0 unspecified atom stereocenters. The minimum atomic E-state index is -3.23. The van der Waals surface area contributed by atoms with Gasteiger partial charge in [0.05, 0.1) is 36.3 Å². The number of ether oxygens (including phenoxy) is 1. The van der Waals surface area contributed by atoms with Crippen molar-refractivity contribution in [3.63, 3.8) is 0 Å². The number of likely N-dealkylation sites (tertiary alicyclic amines) is 1. The van der Waals surface area contributed by atoms with Gasteiger partial charge in [0.2, 0.25) is 11.9 Å². The monoisotopic (exact) mass is 597 g/mol. The molecule has 11 nitrogen and oxygen atoms in total. The fourth-order valence-electron chi connectivity index (χ4n) is 5.10. The van der Waals surface area contributed by atoms with Crippen molar-refractivity contribution >= 4 is 50.2 Å². The maximum atomic E-state index is 11.8. The van der Waals surface area contributed by atoms with Crippen LogP contribution in [0.5, 0.6) is 5.75 Å². The van der Waals surface area contributed by atoms with Gasteiger partial charge in [0.15, 0.2) is 9.84 Å². The van der Waals surface area contributed by atoms with Crippen molar-refractivity contribution in [2.75, 3.05) is 49.5 Å². The summed E-state index contributed by atoms with van der Waals surface area (Å²) in [5, 5.41) is 11.4. The van der Waals surface area contributed by atoms with E-state index in [9.17, 15) is 13.2 Å². The minimum Gasteiger partial charge on any atom is -0.495 e. The van der Waals surface area contributed by atoms with Crippen molar-refractivity contribution in [1.82, 2.24) is 19.5 Å². The Morgan fingerprint density at radius 1 is 1.15 bits per heavy atom. The molecule has 1 saturated heterocycles. The molecule has 41 heavy (non-hydrogen) atoms. The molecule has 4 aromatic rings. The van der Waals surface area contributed by atoms with Gasteiger partial charge >= 0.3 is 0 Å². The smallest absolute Gasteiger partial charge is 0.245 e. The number of carbonyl (C=O) groups excluding carboxylic acids is 1. The zero-order valence-electron chi connectivity index (χ0n) is 22.8. The first-order valence-electron chi connectivity index (χ1n) is 13.1. The standard InChI is InChI=1S/C28H32ClN7O4S/c1-40-26-13-19(18-9-11-35(12-10-18)16-27(30)37)7-8-23(26)33-28-31-15-25-21(29)14-24(36(25)34-28)20-5-3-4-6-22(20)32-17-41(2,38)39/h3-8,13-15,18,32H,9-12,16-17H2,1-2H3,(H2,30,37)(H,33,34). The lowest BCUT2D eigenvalue weighted by atomic mass is 9.89. The van der Waals surface area contributed by atoms with Crippen LogP contribution in [0.2, 0.25) is 5.02 Å². The Morgan fingerprint density at radius 3 is 2.61 bits per heavy atom. The quantitative estimate of drug-likeness (QED) is 0.248. The summed E-state index contributed by atoms with van der Waals surface area (Å²) < 4.78 is 30.9.